The lowest BCUT2D eigenvalue weighted by atomic mass is 9.93. The zero-order valence-corrected chi connectivity index (χ0v) is 31.6. The van der Waals surface area contributed by atoms with Crippen LogP contribution in [-0.2, 0) is 11.8 Å². The SMILES string of the molecule is CCCCC(CC)Cc1ccc(-c2c3cc(-c4sc(C)c5cc(C)sc45)sc3c(-c3cccs3)c3cc(C(C)(C)C)sc23)s1. The Hall–Kier alpha value is -1.80. The Labute approximate surface area is 286 Å². The summed E-state index contributed by atoms with van der Waals surface area (Å²) in [6.07, 6.45) is 6.44. The van der Waals surface area contributed by atoms with Gasteiger partial charge in [0.15, 0.2) is 0 Å². The van der Waals surface area contributed by atoms with Crippen LogP contribution < -0.4 is 0 Å². The highest BCUT2D eigenvalue weighted by atomic mass is 32.1. The van der Waals surface area contributed by atoms with Gasteiger partial charge in [0.1, 0.15) is 0 Å². The number of fused-ring (bicyclic) bond motifs is 3. The van der Waals surface area contributed by atoms with Gasteiger partial charge in [-0.25, -0.2) is 0 Å². The molecule has 0 nitrogen and oxygen atoms in total. The summed E-state index contributed by atoms with van der Waals surface area (Å²) in [5.74, 6) is 0.781. The molecule has 6 heterocycles. The second-order valence-electron chi connectivity index (χ2n) is 13.2. The van der Waals surface area contributed by atoms with E-state index in [0.717, 1.165) is 5.92 Å². The van der Waals surface area contributed by atoms with Crippen LogP contribution in [0.1, 0.15) is 79.8 Å². The minimum absolute atomic E-state index is 0.109. The summed E-state index contributed by atoms with van der Waals surface area (Å²) in [6, 6.07) is 16.9. The highest BCUT2D eigenvalue weighted by molar-refractivity contribution is 7.31. The summed E-state index contributed by atoms with van der Waals surface area (Å²) in [7, 11) is 0. The topological polar surface area (TPSA) is 0 Å². The molecule has 1 unspecified atom stereocenters. The van der Waals surface area contributed by atoms with E-state index in [0.29, 0.717) is 0 Å². The van der Waals surface area contributed by atoms with Crippen LogP contribution >= 0.6 is 68.0 Å². The third-order valence-electron chi connectivity index (χ3n) is 8.82. The van der Waals surface area contributed by atoms with Gasteiger partial charge >= 0.3 is 0 Å². The maximum absolute atomic E-state index is 2.55. The van der Waals surface area contributed by atoms with Crippen molar-refractivity contribution >= 4 is 98.3 Å². The van der Waals surface area contributed by atoms with Crippen molar-refractivity contribution in [1.29, 1.82) is 0 Å². The van der Waals surface area contributed by atoms with Crippen molar-refractivity contribution in [3.63, 3.8) is 0 Å². The maximum Gasteiger partial charge on any atom is 0.0624 e. The molecule has 0 N–H and O–H groups in total. The zero-order chi connectivity index (χ0) is 30.7. The predicted molar refractivity (Wildman–Crippen MR) is 208 cm³/mol. The molecule has 0 spiro atoms. The Kier molecular flexibility index (Phi) is 8.47. The van der Waals surface area contributed by atoms with Crippen LogP contribution in [0, 0.1) is 19.8 Å². The van der Waals surface area contributed by atoms with Crippen LogP contribution in [0.3, 0.4) is 0 Å². The zero-order valence-electron chi connectivity index (χ0n) is 26.7. The van der Waals surface area contributed by atoms with Crippen LogP contribution in [0.25, 0.3) is 60.9 Å². The fraction of sp³-hybridized carbons (Fsp3) is 0.368. The molecule has 0 aliphatic heterocycles. The third-order valence-corrected chi connectivity index (χ3v) is 16.1. The molecular formula is C38H40S6. The lowest BCUT2D eigenvalue weighted by Crippen LogP contribution is -2.07. The average molecular weight is 689 g/mol. The van der Waals surface area contributed by atoms with E-state index in [9.17, 15) is 0 Å². The molecule has 0 radical (unpaired) electrons. The second-order valence-corrected chi connectivity index (χ2v) is 19.9. The Morgan fingerprint density at radius 3 is 2.23 bits per heavy atom. The van der Waals surface area contributed by atoms with Crippen LogP contribution in [0.4, 0.5) is 0 Å². The van der Waals surface area contributed by atoms with Crippen molar-refractivity contribution < 1.29 is 0 Å². The van der Waals surface area contributed by atoms with Gasteiger partial charge in [-0.1, -0.05) is 66.4 Å². The van der Waals surface area contributed by atoms with Crippen molar-refractivity contribution in [3.8, 4) is 30.6 Å². The van der Waals surface area contributed by atoms with Crippen LogP contribution in [0.2, 0.25) is 0 Å². The monoisotopic (exact) mass is 688 g/mol. The summed E-state index contributed by atoms with van der Waals surface area (Å²) in [5, 5.41) is 6.54. The Morgan fingerprint density at radius 1 is 0.727 bits per heavy atom. The largest absolute Gasteiger partial charge is 0.144 e. The number of aryl methyl sites for hydroxylation is 2. The summed E-state index contributed by atoms with van der Waals surface area (Å²) in [5.41, 5.74) is 3.01. The van der Waals surface area contributed by atoms with Crippen LogP contribution in [0.5, 0.6) is 0 Å². The molecule has 0 aliphatic rings. The van der Waals surface area contributed by atoms with Gasteiger partial charge in [-0.3, -0.25) is 0 Å². The van der Waals surface area contributed by atoms with Gasteiger partial charge < -0.3 is 0 Å². The average Bonchev–Trinajstić information content (AvgIpc) is 3.81. The molecule has 0 bridgehead atoms. The fourth-order valence-electron chi connectivity index (χ4n) is 6.37. The van der Waals surface area contributed by atoms with Crippen molar-refractivity contribution in [3.05, 3.63) is 67.4 Å². The Morgan fingerprint density at radius 2 is 1.50 bits per heavy atom. The summed E-state index contributed by atoms with van der Waals surface area (Å²) in [6.45, 7) is 16.3. The van der Waals surface area contributed by atoms with E-state index in [1.807, 2.05) is 68.0 Å². The van der Waals surface area contributed by atoms with Gasteiger partial charge in [0, 0.05) is 70.8 Å². The summed E-state index contributed by atoms with van der Waals surface area (Å²) < 4.78 is 4.37. The molecule has 7 rings (SSSR count). The molecule has 44 heavy (non-hydrogen) atoms. The minimum Gasteiger partial charge on any atom is -0.144 e. The fourth-order valence-corrected chi connectivity index (χ4v) is 13.6. The first-order chi connectivity index (χ1) is 21.2. The van der Waals surface area contributed by atoms with Crippen LogP contribution in [-0.4, -0.2) is 0 Å². The maximum atomic E-state index is 2.55. The molecular weight excluding hydrogens is 649 g/mol. The van der Waals surface area contributed by atoms with E-state index in [-0.39, 0.29) is 5.41 Å². The van der Waals surface area contributed by atoms with Crippen molar-refractivity contribution in [2.45, 2.75) is 86.0 Å². The first-order valence-corrected chi connectivity index (χ1v) is 20.8. The molecule has 6 heteroatoms. The molecule has 7 aromatic rings. The van der Waals surface area contributed by atoms with Gasteiger partial charge in [0.25, 0.3) is 0 Å². The number of thiophene rings is 6. The summed E-state index contributed by atoms with van der Waals surface area (Å²) >= 11 is 11.9. The minimum atomic E-state index is 0.109. The highest BCUT2D eigenvalue weighted by Gasteiger charge is 2.27. The smallest absolute Gasteiger partial charge is 0.0624 e. The van der Waals surface area contributed by atoms with Gasteiger partial charge in [0.05, 0.1) is 9.58 Å². The highest BCUT2D eigenvalue weighted by Crippen LogP contribution is 2.55. The number of hydrogen-bond donors (Lipinski definition) is 0. The molecule has 6 aromatic heterocycles. The van der Waals surface area contributed by atoms with E-state index in [1.165, 1.54) is 108 Å². The van der Waals surface area contributed by atoms with Gasteiger partial charge in [-0.05, 0) is 73.4 Å². The molecule has 1 atom stereocenters. The first kappa shape index (κ1) is 30.8. The number of benzene rings is 1. The Bertz CT molecular complexity index is 2080. The molecule has 1 aromatic carbocycles. The molecule has 0 saturated carbocycles. The quantitative estimate of drug-likeness (QED) is 0.142. The molecule has 0 aliphatic carbocycles. The van der Waals surface area contributed by atoms with E-state index in [1.54, 1.807) is 4.88 Å². The molecule has 228 valence electrons. The lowest BCUT2D eigenvalue weighted by molar-refractivity contribution is 0.452. The van der Waals surface area contributed by atoms with E-state index < -0.39 is 0 Å². The van der Waals surface area contributed by atoms with Gasteiger partial charge in [-0.2, -0.15) is 0 Å². The number of rotatable bonds is 9. The standard InChI is InChI=1S/C38H40S6/c1-8-10-12-23(9-2)18-24-14-15-29(42-24)33-26-19-30(37-36-25(22(4)41-37)17-21(3)40-36)43-34(26)32(28-13-11-16-39-28)27-20-31(38(5,6)7)44-35(27)33/h11,13-17,19-20,23H,8-10,12,18H2,1-7H3. The van der Waals surface area contributed by atoms with E-state index >= 15 is 0 Å². The van der Waals surface area contributed by atoms with Crippen LogP contribution in [0.15, 0.2) is 47.8 Å². The second kappa shape index (κ2) is 12.1. The number of unbranched alkanes of at least 4 members (excludes halogenated alkanes) is 1. The van der Waals surface area contributed by atoms with Crippen molar-refractivity contribution in [2.24, 2.45) is 5.92 Å². The lowest BCUT2D eigenvalue weighted by Gasteiger charge is -2.15. The molecule has 0 amide bonds. The van der Waals surface area contributed by atoms with Crippen molar-refractivity contribution in [1.82, 2.24) is 0 Å². The molecule has 0 saturated heterocycles. The van der Waals surface area contributed by atoms with Gasteiger partial charge in [0.2, 0.25) is 0 Å². The molecule has 0 fully saturated rings. The normalized spacial score (nSPS) is 13.2. The first-order valence-electron chi connectivity index (χ1n) is 15.8. The third kappa shape index (κ3) is 5.48. The number of hydrogen-bond acceptors (Lipinski definition) is 6. The van der Waals surface area contributed by atoms with E-state index in [2.05, 4.69) is 96.3 Å². The van der Waals surface area contributed by atoms with Gasteiger partial charge in [-0.15, -0.1) is 68.0 Å². The van der Waals surface area contributed by atoms with Crippen molar-refractivity contribution in [2.75, 3.05) is 0 Å². The Balaban J connectivity index is 1.50. The predicted octanol–water partition coefficient (Wildman–Crippen LogP) is 15.2. The summed E-state index contributed by atoms with van der Waals surface area (Å²) in [4.78, 5) is 11.5. The van der Waals surface area contributed by atoms with E-state index in [4.69, 9.17) is 0 Å².